The summed E-state index contributed by atoms with van der Waals surface area (Å²) in [5, 5.41) is 6.59. The van der Waals surface area contributed by atoms with E-state index in [1.807, 2.05) is 0 Å². The first-order valence-corrected chi connectivity index (χ1v) is 9.31. The molecule has 3 rings (SSSR count). The number of carbonyl (C=O) groups excluding carboxylic acids is 2. The molecule has 0 radical (unpaired) electrons. The molecule has 2 aromatic carbocycles. The fourth-order valence-corrected chi connectivity index (χ4v) is 2.55. The number of nitrogens with one attached hydrogen (secondary N) is 1. The molecule has 0 unspecified atom stereocenters. The number of hydrogen-bond acceptors (Lipinski definition) is 6. The number of benzene rings is 2. The Bertz CT molecular complexity index is 1030. The monoisotopic (exact) mass is 412 g/mol. The van der Waals surface area contributed by atoms with Gasteiger partial charge in [0, 0.05) is 24.1 Å². The number of hydrogen-bond donors (Lipinski definition) is 2. The van der Waals surface area contributed by atoms with Crippen LogP contribution < -0.4 is 15.8 Å². The lowest BCUT2D eigenvalue weighted by Gasteiger charge is -2.07. The van der Waals surface area contributed by atoms with E-state index in [1.165, 1.54) is 6.07 Å². The van der Waals surface area contributed by atoms with Crippen LogP contribution in [0.4, 0.5) is 10.1 Å². The van der Waals surface area contributed by atoms with Crippen LogP contribution in [-0.2, 0) is 16.0 Å². The second-order valence-corrected chi connectivity index (χ2v) is 6.61. The third-order valence-corrected chi connectivity index (χ3v) is 4.22. The number of carbonyl (C=O) groups is 2. The predicted molar refractivity (Wildman–Crippen MR) is 107 cm³/mol. The molecule has 0 atom stereocenters. The number of primary amides is 1. The molecular formula is C21H21FN4O4. The number of nitrogens with two attached hydrogens (primary N) is 1. The largest absolute Gasteiger partial charge is 0.493 e. The normalized spacial score (nSPS) is 10.6. The zero-order valence-corrected chi connectivity index (χ0v) is 16.4. The predicted octanol–water partition coefficient (Wildman–Crippen LogP) is 3.01. The lowest BCUT2D eigenvalue weighted by molar-refractivity contribution is -0.118. The highest BCUT2D eigenvalue weighted by atomic mass is 19.1. The maximum Gasteiger partial charge on any atom is 0.227 e. The first-order chi connectivity index (χ1) is 14.4. The van der Waals surface area contributed by atoms with Gasteiger partial charge in [0.25, 0.3) is 0 Å². The molecular weight excluding hydrogens is 391 g/mol. The van der Waals surface area contributed by atoms with E-state index in [1.54, 1.807) is 43.3 Å². The van der Waals surface area contributed by atoms with Gasteiger partial charge in [-0.15, -0.1) is 0 Å². The minimum atomic E-state index is -0.432. The van der Waals surface area contributed by atoms with E-state index in [0.29, 0.717) is 28.5 Å². The Morgan fingerprint density at radius 1 is 1.17 bits per heavy atom. The summed E-state index contributed by atoms with van der Waals surface area (Å²) < 4.78 is 24.2. The van der Waals surface area contributed by atoms with E-state index < -0.39 is 5.91 Å². The topological polar surface area (TPSA) is 120 Å². The zero-order chi connectivity index (χ0) is 21.5. The van der Waals surface area contributed by atoms with Gasteiger partial charge in [0.1, 0.15) is 11.6 Å². The van der Waals surface area contributed by atoms with E-state index in [4.69, 9.17) is 15.0 Å². The third-order valence-electron chi connectivity index (χ3n) is 4.22. The Labute approximate surface area is 172 Å². The van der Waals surface area contributed by atoms with E-state index in [9.17, 15) is 14.0 Å². The highest BCUT2D eigenvalue weighted by Crippen LogP contribution is 2.20. The second kappa shape index (κ2) is 9.64. The summed E-state index contributed by atoms with van der Waals surface area (Å²) in [6, 6.07) is 11.4. The van der Waals surface area contributed by atoms with Gasteiger partial charge < -0.3 is 20.3 Å². The van der Waals surface area contributed by atoms with Gasteiger partial charge in [-0.2, -0.15) is 4.98 Å². The van der Waals surface area contributed by atoms with Crippen molar-refractivity contribution in [1.29, 1.82) is 0 Å². The van der Waals surface area contributed by atoms with Crippen molar-refractivity contribution in [1.82, 2.24) is 10.1 Å². The molecule has 30 heavy (non-hydrogen) atoms. The number of ether oxygens (including phenoxy) is 1. The lowest BCUT2D eigenvalue weighted by atomic mass is 10.1. The summed E-state index contributed by atoms with van der Waals surface area (Å²) in [5.41, 5.74) is 6.69. The molecule has 0 aliphatic rings. The van der Waals surface area contributed by atoms with Crippen LogP contribution in [0.3, 0.4) is 0 Å². The summed E-state index contributed by atoms with van der Waals surface area (Å²) >= 11 is 0. The number of rotatable bonds is 9. The fraction of sp³-hybridized carbons (Fsp3) is 0.238. The fourth-order valence-electron chi connectivity index (χ4n) is 2.55. The van der Waals surface area contributed by atoms with Crippen LogP contribution in [0, 0.1) is 12.7 Å². The van der Waals surface area contributed by atoms with Gasteiger partial charge in [-0.1, -0.05) is 17.3 Å². The van der Waals surface area contributed by atoms with Gasteiger partial charge in [0.05, 0.1) is 13.0 Å². The summed E-state index contributed by atoms with van der Waals surface area (Å²) in [6.07, 6.45) is 0.525. The van der Waals surface area contributed by atoms with E-state index in [2.05, 4.69) is 15.5 Å². The molecule has 0 bridgehead atoms. The first kappa shape index (κ1) is 21.0. The van der Waals surface area contributed by atoms with Crippen molar-refractivity contribution in [2.75, 3.05) is 11.9 Å². The zero-order valence-electron chi connectivity index (χ0n) is 16.4. The average Bonchev–Trinajstić information content (AvgIpc) is 3.19. The molecule has 156 valence electrons. The molecule has 0 spiro atoms. The molecule has 8 nitrogen and oxygen atoms in total. The number of amides is 2. The van der Waals surface area contributed by atoms with Gasteiger partial charge >= 0.3 is 0 Å². The van der Waals surface area contributed by atoms with Gasteiger partial charge in [-0.3, -0.25) is 9.59 Å². The number of aromatic nitrogens is 2. The lowest BCUT2D eigenvalue weighted by Crippen LogP contribution is -2.14. The highest BCUT2D eigenvalue weighted by Gasteiger charge is 2.12. The Kier molecular flexibility index (Phi) is 6.74. The van der Waals surface area contributed by atoms with Crippen LogP contribution in [0.25, 0.3) is 11.4 Å². The van der Waals surface area contributed by atoms with Gasteiger partial charge in [-0.25, -0.2) is 4.39 Å². The Hall–Kier alpha value is -3.75. The minimum absolute atomic E-state index is 0.134. The van der Waals surface area contributed by atoms with Gasteiger partial charge in [-0.05, 0) is 42.8 Å². The van der Waals surface area contributed by atoms with E-state index in [-0.39, 0.29) is 43.4 Å². The van der Waals surface area contributed by atoms with Crippen LogP contribution in [-0.4, -0.2) is 28.6 Å². The number of anilines is 1. The quantitative estimate of drug-likeness (QED) is 0.557. The highest BCUT2D eigenvalue weighted by molar-refractivity contribution is 5.90. The van der Waals surface area contributed by atoms with Crippen LogP contribution in [0.1, 0.15) is 24.3 Å². The SMILES string of the molecule is Cc1ccc(-c2noc(CCC(=O)Nc3ccc(OCCC(N)=O)cc3)n2)cc1F. The van der Waals surface area contributed by atoms with Crippen LogP contribution in [0.2, 0.25) is 0 Å². The van der Waals surface area contributed by atoms with Crippen LogP contribution in [0.15, 0.2) is 47.0 Å². The molecule has 0 fully saturated rings. The van der Waals surface area contributed by atoms with Crippen molar-refractivity contribution < 1.29 is 23.2 Å². The van der Waals surface area contributed by atoms with Crippen molar-refractivity contribution in [3.63, 3.8) is 0 Å². The minimum Gasteiger partial charge on any atom is -0.493 e. The van der Waals surface area contributed by atoms with Crippen molar-refractivity contribution in [3.05, 3.63) is 59.7 Å². The standard InChI is InChI=1S/C21H21FN4O4/c1-13-2-3-14(12-17(13)22)21-25-20(30-26-21)9-8-19(28)24-15-4-6-16(7-5-15)29-11-10-18(23)27/h2-7,12H,8-11H2,1H3,(H2,23,27)(H,24,28). The molecule has 0 aliphatic heterocycles. The maximum absolute atomic E-state index is 13.7. The third kappa shape index (κ3) is 5.87. The molecule has 3 aromatic rings. The molecule has 2 amide bonds. The Morgan fingerprint density at radius 2 is 1.93 bits per heavy atom. The number of aryl methyl sites for hydroxylation is 2. The van der Waals surface area contributed by atoms with Crippen LogP contribution in [0.5, 0.6) is 5.75 Å². The smallest absolute Gasteiger partial charge is 0.227 e. The molecule has 9 heteroatoms. The molecule has 3 N–H and O–H groups in total. The van der Waals surface area contributed by atoms with Crippen molar-refractivity contribution in [3.8, 4) is 17.1 Å². The number of nitrogens with zero attached hydrogens (tertiary/aromatic N) is 2. The summed E-state index contributed by atoms with van der Waals surface area (Å²) in [7, 11) is 0. The Morgan fingerprint density at radius 3 is 2.63 bits per heavy atom. The average molecular weight is 412 g/mol. The second-order valence-electron chi connectivity index (χ2n) is 6.61. The van der Waals surface area contributed by atoms with Crippen LogP contribution >= 0.6 is 0 Å². The molecule has 0 aliphatic carbocycles. The van der Waals surface area contributed by atoms with Gasteiger partial charge in [0.2, 0.25) is 23.5 Å². The summed E-state index contributed by atoms with van der Waals surface area (Å²) in [6.45, 7) is 1.87. The van der Waals surface area contributed by atoms with E-state index in [0.717, 1.165) is 0 Å². The first-order valence-electron chi connectivity index (χ1n) is 9.31. The molecule has 0 saturated carbocycles. The molecule has 1 aromatic heterocycles. The Balaban J connectivity index is 1.48. The van der Waals surface area contributed by atoms with Gasteiger partial charge in [0.15, 0.2) is 0 Å². The van der Waals surface area contributed by atoms with Crippen molar-refractivity contribution in [2.24, 2.45) is 5.73 Å². The van der Waals surface area contributed by atoms with Crippen molar-refractivity contribution >= 4 is 17.5 Å². The number of halogens is 1. The molecule has 0 saturated heterocycles. The van der Waals surface area contributed by atoms with E-state index >= 15 is 0 Å². The maximum atomic E-state index is 13.7. The van der Waals surface area contributed by atoms with Crippen molar-refractivity contribution in [2.45, 2.75) is 26.2 Å². The summed E-state index contributed by atoms with van der Waals surface area (Å²) in [5.74, 6) is 0.134. The molecule has 1 heterocycles. The summed E-state index contributed by atoms with van der Waals surface area (Å²) in [4.78, 5) is 27.0.